The summed E-state index contributed by atoms with van der Waals surface area (Å²) in [6.45, 7) is 3.73. The molecule has 0 aliphatic carbocycles. The lowest BCUT2D eigenvalue weighted by atomic mass is 10.2. The van der Waals surface area contributed by atoms with Gasteiger partial charge in [-0.15, -0.1) is 0 Å². The second-order valence-corrected chi connectivity index (χ2v) is 6.65. The van der Waals surface area contributed by atoms with Gasteiger partial charge < -0.3 is 13.3 Å². The largest absolute Gasteiger partial charge is 0.506 e. The van der Waals surface area contributed by atoms with Crippen LogP contribution in [0.1, 0.15) is 26.7 Å². The molecule has 2 unspecified atom stereocenters. The Bertz CT molecular complexity index is 145. The molecule has 0 aromatic rings. The average Bonchev–Trinajstić information content (AvgIpc) is 2.21. The smallest absolute Gasteiger partial charge is 0.377 e. The molecule has 0 aromatic carbocycles. The van der Waals surface area contributed by atoms with Crippen molar-refractivity contribution in [3.05, 3.63) is 0 Å². The first-order valence-corrected chi connectivity index (χ1v) is 6.67. The summed E-state index contributed by atoms with van der Waals surface area (Å²) >= 11 is 0. The van der Waals surface area contributed by atoms with Gasteiger partial charge in [0.1, 0.15) is 6.17 Å². The monoisotopic (exact) mass is 224 g/mol. The van der Waals surface area contributed by atoms with Gasteiger partial charge in [-0.1, -0.05) is 20.3 Å². The summed E-state index contributed by atoms with van der Waals surface area (Å²) in [5.74, 6) is 0. The van der Waals surface area contributed by atoms with Crippen LogP contribution in [-0.4, -0.2) is 36.3 Å². The Morgan fingerprint density at radius 2 is 1.57 bits per heavy atom. The van der Waals surface area contributed by atoms with E-state index in [0.29, 0.717) is 6.42 Å². The molecule has 0 saturated heterocycles. The summed E-state index contributed by atoms with van der Waals surface area (Å²) in [7, 11) is 1.73. The van der Waals surface area contributed by atoms with E-state index in [-0.39, 0.29) is 5.54 Å². The first kappa shape index (κ1) is 14.0. The molecule has 5 heteroatoms. The molecule has 0 fully saturated rings. The van der Waals surface area contributed by atoms with Crippen molar-refractivity contribution in [2.45, 2.75) is 38.4 Å². The SMILES string of the molecule is CCCC(F)C(C)[Si](OC)(OC)OC. The third kappa shape index (κ3) is 3.01. The highest BCUT2D eigenvalue weighted by atomic mass is 28.4. The van der Waals surface area contributed by atoms with Crippen molar-refractivity contribution in [3.63, 3.8) is 0 Å². The zero-order chi connectivity index (χ0) is 11.2. The van der Waals surface area contributed by atoms with Crippen molar-refractivity contribution < 1.29 is 17.7 Å². The van der Waals surface area contributed by atoms with Crippen molar-refractivity contribution >= 4 is 8.80 Å². The molecule has 0 aromatic heterocycles. The second kappa shape index (κ2) is 6.50. The minimum Gasteiger partial charge on any atom is -0.377 e. The van der Waals surface area contributed by atoms with Crippen LogP contribution in [0.5, 0.6) is 0 Å². The molecular weight excluding hydrogens is 203 g/mol. The second-order valence-electron chi connectivity index (χ2n) is 3.31. The predicted molar refractivity (Wildman–Crippen MR) is 56.0 cm³/mol. The lowest BCUT2D eigenvalue weighted by Gasteiger charge is -2.31. The van der Waals surface area contributed by atoms with Crippen molar-refractivity contribution in [3.8, 4) is 0 Å². The van der Waals surface area contributed by atoms with Crippen molar-refractivity contribution in [1.82, 2.24) is 0 Å². The van der Waals surface area contributed by atoms with Crippen LogP contribution in [0.4, 0.5) is 4.39 Å². The van der Waals surface area contributed by atoms with Gasteiger partial charge in [0.15, 0.2) is 0 Å². The highest BCUT2D eigenvalue weighted by Gasteiger charge is 2.48. The third-order valence-corrected chi connectivity index (χ3v) is 5.70. The summed E-state index contributed by atoms with van der Waals surface area (Å²) in [5, 5.41) is 0. The van der Waals surface area contributed by atoms with Crippen LogP contribution in [0.25, 0.3) is 0 Å². The van der Waals surface area contributed by atoms with Crippen molar-refractivity contribution in [1.29, 1.82) is 0 Å². The van der Waals surface area contributed by atoms with Gasteiger partial charge in [0, 0.05) is 21.3 Å². The highest BCUT2D eigenvalue weighted by molar-refractivity contribution is 6.62. The van der Waals surface area contributed by atoms with Crippen LogP contribution in [0.3, 0.4) is 0 Å². The zero-order valence-corrected chi connectivity index (χ0v) is 10.7. The molecule has 0 aliphatic rings. The number of rotatable bonds is 7. The highest BCUT2D eigenvalue weighted by Crippen LogP contribution is 2.31. The topological polar surface area (TPSA) is 27.7 Å². The molecule has 3 nitrogen and oxygen atoms in total. The van der Waals surface area contributed by atoms with E-state index in [2.05, 4.69) is 0 Å². The molecule has 0 amide bonds. The van der Waals surface area contributed by atoms with E-state index in [4.69, 9.17) is 13.3 Å². The Labute approximate surface area is 86.9 Å². The molecule has 0 spiro atoms. The van der Waals surface area contributed by atoms with Gasteiger partial charge >= 0.3 is 8.80 Å². The minimum absolute atomic E-state index is 0.317. The summed E-state index contributed by atoms with van der Waals surface area (Å²) in [4.78, 5) is 0. The van der Waals surface area contributed by atoms with Gasteiger partial charge in [0.2, 0.25) is 0 Å². The first-order valence-electron chi connectivity index (χ1n) is 4.87. The lowest BCUT2D eigenvalue weighted by Crippen LogP contribution is -2.49. The molecule has 0 aliphatic heterocycles. The maximum atomic E-state index is 13.6. The van der Waals surface area contributed by atoms with Crippen LogP contribution in [-0.2, 0) is 13.3 Å². The number of hydrogen-bond acceptors (Lipinski definition) is 3. The summed E-state index contributed by atoms with van der Waals surface area (Å²) in [6, 6.07) is 0. The fraction of sp³-hybridized carbons (Fsp3) is 1.00. The van der Waals surface area contributed by atoms with Crippen LogP contribution in [0.15, 0.2) is 0 Å². The normalized spacial score (nSPS) is 16.7. The van der Waals surface area contributed by atoms with Crippen molar-refractivity contribution in [2.24, 2.45) is 0 Å². The van der Waals surface area contributed by atoms with Gasteiger partial charge in [-0.05, 0) is 6.42 Å². The first-order chi connectivity index (χ1) is 6.57. The molecule has 0 radical (unpaired) electrons. The number of alkyl halides is 1. The quantitative estimate of drug-likeness (QED) is 0.621. The van der Waals surface area contributed by atoms with Gasteiger partial charge in [-0.2, -0.15) is 0 Å². The maximum Gasteiger partial charge on any atom is 0.506 e. The van der Waals surface area contributed by atoms with Crippen LogP contribution < -0.4 is 0 Å². The molecule has 2 atom stereocenters. The van der Waals surface area contributed by atoms with Gasteiger partial charge in [-0.25, -0.2) is 4.39 Å². The number of halogens is 1. The van der Waals surface area contributed by atoms with E-state index in [0.717, 1.165) is 6.42 Å². The Balaban J connectivity index is 4.48. The summed E-state index contributed by atoms with van der Waals surface area (Å²) in [6.07, 6.45) is 0.408. The van der Waals surface area contributed by atoms with E-state index in [1.54, 1.807) is 6.92 Å². The van der Waals surface area contributed by atoms with Crippen molar-refractivity contribution in [2.75, 3.05) is 21.3 Å². The predicted octanol–water partition coefficient (Wildman–Crippen LogP) is 2.39. The lowest BCUT2D eigenvalue weighted by molar-refractivity contribution is 0.0962. The van der Waals surface area contributed by atoms with Gasteiger partial charge in [0.25, 0.3) is 0 Å². The van der Waals surface area contributed by atoms with Gasteiger partial charge in [-0.3, -0.25) is 0 Å². The van der Waals surface area contributed by atoms with E-state index >= 15 is 0 Å². The molecular formula is C9H21FO3Si. The number of hydrogen-bond donors (Lipinski definition) is 0. The molecule has 0 N–H and O–H groups in total. The summed E-state index contributed by atoms with van der Waals surface area (Å²) in [5.41, 5.74) is -0.317. The molecule has 0 bridgehead atoms. The van der Waals surface area contributed by atoms with E-state index in [1.807, 2.05) is 6.92 Å². The standard InChI is InChI=1S/C9H21FO3Si/c1-6-7-9(10)8(2)14(11-3,12-4)13-5/h8-9H,6-7H2,1-5H3. The van der Waals surface area contributed by atoms with Crippen LogP contribution >= 0.6 is 0 Å². The molecule has 86 valence electrons. The minimum atomic E-state index is -2.80. The Kier molecular flexibility index (Phi) is 6.51. The van der Waals surface area contributed by atoms with E-state index in [9.17, 15) is 4.39 Å². The molecule has 0 saturated carbocycles. The van der Waals surface area contributed by atoms with E-state index < -0.39 is 15.0 Å². The van der Waals surface area contributed by atoms with Crippen LogP contribution in [0.2, 0.25) is 5.54 Å². The Morgan fingerprint density at radius 3 is 1.86 bits per heavy atom. The molecule has 14 heavy (non-hydrogen) atoms. The zero-order valence-electron chi connectivity index (χ0n) is 9.67. The Morgan fingerprint density at radius 1 is 1.14 bits per heavy atom. The maximum absolute atomic E-state index is 13.6. The average molecular weight is 224 g/mol. The summed E-state index contributed by atoms with van der Waals surface area (Å²) < 4.78 is 29.3. The fourth-order valence-electron chi connectivity index (χ4n) is 1.55. The molecule has 0 heterocycles. The Hall–Kier alpha value is 0.0269. The fourth-order valence-corrected chi connectivity index (χ4v) is 3.78. The van der Waals surface area contributed by atoms with Crippen LogP contribution in [0, 0.1) is 0 Å². The van der Waals surface area contributed by atoms with E-state index in [1.165, 1.54) is 21.3 Å². The molecule has 0 rings (SSSR count). The van der Waals surface area contributed by atoms with Gasteiger partial charge in [0.05, 0.1) is 5.54 Å². The third-order valence-electron chi connectivity index (χ3n) is 2.52.